The van der Waals surface area contributed by atoms with E-state index in [0.29, 0.717) is 22.1 Å². The SMILES string of the molecule is CC(CN(C)C(=O)C=Cc1cc(Cl)c2c(c1)OCO2)C(=O)O. The molecule has 22 heavy (non-hydrogen) atoms. The van der Waals surface area contributed by atoms with E-state index in [1.807, 2.05) is 0 Å². The highest BCUT2D eigenvalue weighted by Gasteiger charge is 2.18. The van der Waals surface area contributed by atoms with E-state index in [1.54, 1.807) is 32.2 Å². The molecule has 0 spiro atoms. The number of aliphatic carboxylic acids is 1. The number of carboxylic acid groups (broad SMARTS) is 1. The van der Waals surface area contributed by atoms with Crippen molar-refractivity contribution in [2.75, 3.05) is 20.4 Å². The van der Waals surface area contributed by atoms with Crippen LogP contribution < -0.4 is 9.47 Å². The number of fused-ring (bicyclic) bond motifs is 1. The van der Waals surface area contributed by atoms with Gasteiger partial charge in [-0.15, -0.1) is 0 Å². The molecule has 0 saturated heterocycles. The lowest BCUT2D eigenvalue weighted by molar-refractivity contribution is -0.142. The molecule has 1 atom stereocenters. The Morgan fingerprint density at radius 1 is 1.45 bits per heavy atom. The summed E-state index contributed by atoms with van der Waals surface area (Å²) in [5.41, 5.74) is 0.697. The molecule has 1 aliphatic heterocycles. The summed E-state index contributed by atoms with van der Waals surface area (Å²) in [6.45, 7) is 1.81. The van der Waals surface area contributed by atoms with E-state index in [9.17, 15) is 9.59 Å². The van der Waals surface area contributed by atoms with E-state index in [1.165, 1.54) is 11.0 Å². The fourth-order valence-corrected chi connectivity index (χ4v) is 2.23. The van der Waals surface area contributed by atoms with Crippen molar-refractivity contribution in [2.24, 2.45) is 5.92 Å². The summed E-state index contributed by atoms with van der Waals surface area (Å²) < 4.78 is 10.5. The number of rotatable bonds is 5. The molecule has 1 unspecified atom stereocenters. The molecular weight excluding hydrogens is 310 g/mol. The van der Waals surface area contributed by atoms with Gasteiger partial charge in [-0.3, -0.25) is 9.59 Å². The zero-order valence-electron chi connectivity index (χ0n) is 12.2. The standard InChI is InChI=1S/C15H16ClNO5/c1-9(15(19)20)7-17(2)13(18)4-3-10-5-11(16)14-12(6-10)21-8-22-14/h3-6,9H,7-8H2,1-2H3,(H,19,20). The molecule has 2 rings (SSSR count). The van der Waals surface area contributed by atoms with Crippen LogP contribution in [-0.4, -0.2) is 42.3 Å². The van der Waals surface area contributed by atoms with E-state index in [0.717, 1.165) is 0 Å². The number of amides is 1. The third-order valence-corrected chi connectivity index (χ3v) is 3.49. The summed E-state index contributed by atoms with van der Waals surface area (Å²) in [7, 11) is 1.55. The van der Waals surface area contributed by atoms with Crippen molar-refractivity contribution in [2.45, 2.75) is 6.92 Å². The largest absolute Gasteiger partial charge is 0.481 e. The predicted octanol–water partition coefficient (Wildman–Crippen LogP) is 2.26. The summed E-state index contributed by atoms with van der Waals surface area (Å²) in [5.74, 6) is -0.819. The van der Waals surface area contributed by atoms with Crippen LogP contribution >= 0.6 is 11.6 Å². The van der Waals surface area contributed by atoms with Crippen LogP contribution in [0.2, 0.25) is 5.02 Å². The highest BCUT2D eigenvalue weighted by Crippen LogP contribution is 2.40. The van der Waals surface area contributed by atoms with Gasteiger partial charge in [-0.05, 0) is 23.8 Å². The van der Waals surface area contributed by atoms with Crippen LogP contribution in [0.3, 0.4) is 0 Å². The van der Waals surface area contributed by atoms with Crippen molar-refractivity contribution in [3.8, 4) is 11.5 Å². The minimum atomic E-state index is -0.939. The van der Waals surface area contributed by atoms with Crippen molar-refractivity contribution >= 4 is 29.6 Å². The number of hydrogen-bond donors (Lipinski definition) is 1. The second-order valence-electron chi connectivity index (χ2n) is 5.03. The summed E-state index contributed by atoms with van der Waals surface area (Å²) in [6, 6.07) is 3.39. The van der Waals surface area contributed by atoms with Gasteiger partial charge in [0.25, 0.3) is 0 Å². The van der Waals surface area contributed by atoms with Gasteiger partial charge < -0.3 is 19.5 Å². The average molecular weight is 326 g/mol. The van der Waals surface area contributed by atoms with E-state index in [4.69, 9.17) is 26.2 Å². The maximum absolute atomic E-state index is 12.0. The predicted molar refractivity (Wildman–Crippen MR) is 81.0 cm³/mol. The Morgan fingerprint density at radius 2 is 2.18 bits per heavy atom. The summed E-state index contributed by atoms with van der Waals surface area (Å²) >= 11 is 6.06. The van der Waals surface area contributed by atoms with Gasteiger partial charge in [0.1, 0.15) is 0 Å². The van der Waals surface area contributed by atoms with Gasteiger partial charge in [0.2, 0.25) is 12.7 Å². The number of ether oxygens (including phenoxy) is 2. The number of carboxylic acids is 1. The van der Waals surface area contributed by atoms with Gasteiger partial charge in [0.15, 0.2) is 11.5 Å². The molecule has 0 fully saturated rings. The fourth-order valence-electron chi connectivity index (χ4n) is 1.96. The van der Waals surface area contributed by atoms with Gasteiger partial charge >= 0.3 is 5.97 Å². The first-order valence-corrected chi connectivity index (χ1v) is 7.01. The molecular formula is C15H16ClNO5. The van der Waals surface area contributed by atoms with Crippen molar-refractivity contribution in [3.05, 3.63) is 28.8 Å². The molecule has 1 amide bonds. The van der Waals surface area contributed by atoms with Gasteiger partial charge in [0, 0.05) is 19.7 Å². The van der Waals surface area contributed by atoms with Gasteiger partial charge in [-0.1, -0.05) is 18.5 Å². The topological polar surface area (TPSA) is 76.1 Å². The fraction of sp³-hybridized carbons (Fsp3) is 0.333. The number of likely N-dealkylation sites (N-methyl/N-ethyl adjacent to an activating group) is 1. The molecule has 6 nitrogen and oxygen atoms in total. The van der Waals surface area contributed by atoms with Crippen molar-refractivity contribution in [1.29, 1.82) is 0 Å². The van der Waals surface area contributed by atoms with Crippen LogP contribution in [0.1, 0.15) is 12.5 Å². The molecule has 1 aliphatic rings. The average Bonchev–Trinajstić information content (AvgIpc) is 2.93. The Morgan fingerprint density at radius 3 is 2.86 bits per heavy atom. The molecule has 1 heterocycles. The Bertz CT molecular complexity index is 629. The minimum Gasteiger partial charge on any atom is -0.481 e. The normalized spacial score (nSPS) is 14.1. The molecule has 0 aromatic heterocycles. The van der Waals surface area contributed by atoms with Crippen LogP contribution in [0.25, 0.3) is 6.08 Å². The Kier molecular flexibility index (Phi) is 4.92. The van der Waals surface area contributed by atoms with Crippen molar-refractivity contribution in [3.63, 3.8) is 0 Å². The third kappa shape index (κ3) is 3.71. The quantitative estimate of drug-likeness (QED) is 0.840. The highest BCUT2D eigenvalue weighted by molar-refractivity contribution is 6.32. The van der Waals surface area contributed by atoms with Crippen LogP contribution in [0.4, 0.5) is 0 Å². The summed E-state index contributed by atoms with van der Waals surface area (Å²) in [4.78, 5) is 24.1. The lowest BCUT2D eigenvalue weighted by atomic mass is 10.1. The Hall–Kier alpha value is -2.21. The number of hydrogen-bond acceptors (Lipinski definition) is 4. The van der Waals surface area contributed by atoms with E-state index >= 15 is 0 Å². The van der Waals surface area contributed by atoms with E-state index in [-0.39, 0.29) is 19.2 Å². The molecule has 0 radical (unpaired) electrons. The lowest BCUT2D eigenvalue weighted by Gasteiger charge is -2.17. The van der Waals surface area contributed by atoms with Crippen LogP contribution in [0.5, 0.6) is 11.5 Å². The van der Waals surface area contributed by atoms with Crippen molar-refractivity contribution in [1.82, 2.24) is 4.90 Å². The molecule has 7 heteroatoms. The molecule has 0 bridgehead atoms. The third-order valence-electron chi connectivity index (χ3n) is 3.21. The number of halogens is 1. The second kappa shape index (κ2) is 6.70. The van der Waals surface area contributed by atoms with Crippen molar-refractivity contribution < 1.29 is 24.2 Å². The van der Waals surface area contributed by atoms with Gasteiger partial charge in [-0.2, -0.15) is 0 Å². The van der Waals surface area contributed by atoms with Crippen LogP contribution in [0, 0.1) is 5.92 Å². The van der Waals surface area contributed by atoms with Gasteiger partial charge in [-0.25, -0.2) is 0 Å². The second-order valence-corrected chi connectivity index (χ2v) is 5.44. The van der Waals surface area contributed by atoms with Crippen LogP contribution in [0.15, 0.2) is 18.2 Å². The first kappa shape index (κ1) is 16.2. The monoisotopic (exact) mass is 325 g/mol. The molecule has 0 aliphatic carbocycles. The minimum absolute atomic E-state index is 0.122. The molecule has 0 saturated carbocycles. The maximum atomic E-state index is 12.0. The molecule has 1 aromatic carbocycles. The van der Waals surface area contributed by atoms with E-state index in [2.05, 4.69) is 0 Å². The summed E-state index contributed by atoms with van der Waals surface area (Å²) in [5, 5.41) is 9.26. The molecule has 118 valence electrons. The first-order chi connectivity index (χ1) is 10.4. The Labute approximate surface area is 132 Å². The number of benzene rings is 1. The smallest absolute Gasteiger partial charge is 0.308 e. The maximum Gasteiger partial charge on any atom is 0.308 e. The Balaban J connectivity index is 2.04. The molecule has 1 aromatic rings. The first-order valence-electron chi connectivity index (χ1n) is 6.63. The van der Waals surface area contributed by atoms with Gasteiger partial charge in [0.05, 0.1) is 10.9 Å². The van der Waals surface area contributed by atoms with E-state index < -0.39 is 11.9 Å². The lowest BCUT2D eigenvalue weighted by Crippen LogP contribution is -2.32. The zero-order chi connectivity index (χ0) is 16.3. The van der Waals surface area contributed by atoms with Crippen LogP contribution in [-0.2, 0) is 9.59 Å². The highest BCUT2D eigenvalue weighted by atomic mass is 35.5. The number of nitrogens with zero attached hydrogens (tertiary/aromatic N) is 1. The summed E-state index contributed by atoms with van der Waals surface area (Å²) in [6.07, 6.45) is 2.96. The number of carbonyl (C=O) groups excluding carboxylic acids is 1. The zero-order valence-corrected chi connectivity index (χ0v) is 13.0. The molecule has 1 N–H and O–H groups in total. The number of carbonyl (C=O) groups is 2.